The molecule has 0 unspecified atom stereocenters. The predicted molar refractivity (Wildman–Crippen MR) is 87.6 cm³/mol. The molecule has 0 aliphatic carbocycles. The number of ether oxygens (including phenoxy) is 2. The first-order chi connectivity index (χ1) is 10.8. The Morgan fingerprint density at radius 2 is 2.00 bits per heavy atom. The highest BCUT2D eigenvalue weighted by molar-refractivity contribution is 5.72. The molecule has 0 spiro atoms. The van der Waals surface area contributed by atoms with E-state index in [9.17, 15) is 9.59 Å². The Morgan fingerprint density at radius 3 is 2.65 bits per heavy atom. The molecule has 0 heterocycles. The molecule has 0 saturated heterocycles. The van der Waals surface area contributed by atoms with Crippen LogP contribution in [0.3, 0.4) is 0 Å². The summed E-state index contributed by atoms with van der Waals surface area (Å²) in [4.78, 5) is 22.8. The minimum Gasteiger partial charge on any atom is -0.465 e. The van der Waals surface area contributed by atoms with E-state index >= 15 is 0 Å². The van der Waals surface area contributed by atoms with E-state index in [-0.39, 0.29) is 12.4 Å². The monoisotopic (exact) mass is 317 g/mol. The fraction of sp³-hybridized carbons (Fsp3) is 0.444. The van der Waals surface area contributed by atoms with Crippen LogP contribution in [0.1, 0.15) is 45.2 Å². The van der Waals surface area contributed by atoms with Crippen molar-refractivity contribution >= 4 is 12.1 Å². The van der Waals surface area contributed by atoms with Crippen LogP contribution in [0, 0.1) is 11.8 Å². The molecular weight excluding hydrogens is 294 g/mol. The van der Waals surface area contributed by atoms with Crippen LogP contribution in [0.5, 0.6) is 0 Å². The third-order valence-corrected chi connectivity index (χ3v) is 2.53. The average molecular weight is 317 g/mol. The predicted octanol–water partition coefficient (Wildman–Crippen LogP) is 3.02. The van der Waals surface area contributed by atoms with Gasteiger partial charge in [0.25, 0.3) is 0 Å². The molecular formula is C18H23NO4. The SMILES string of the molecule is CCOC(=O)CC#Cc1cccc(CNC(=O)OC(C)(C)C)c1. The summed E-state index contributed by atoms with van der Waals surface area (Å²) in [5.74, 6) is 5.35. The van der Waals surface area contributed by atoms with Gasteiger partial charge in [-0.15, -0.1) is 0 Å². The van der Waals surface area contributed by atoms with Gasteiger partial charge in [0.15, 0.2) is 0 Å². The van der Waals surface area contributed by atoms with Gasteiger partial charge in [0, 0.05) is 12.1 Å². The van der Waals surface area contributed by atoms with Crippen molar-refractivity contribution in [2.75, 3.05) is 6.61 Å². The number of carbonyl (C=O) groups excluding carboxylic acids is 2. The van der Waals surface area contributed by atoms with Gasteiger partial charge in [-0.2, -0.15) is 0 Å². The number of rotatable bonds is 4. The van der Waals surface area contributed by atoms with Crippen LogP contribution >= 0.6 is 0 Å². The van der Waals surface area contributed by atoms with E-state index in [2.05, 4.69) is 17.2 Å². The summed E-state index contributed by atoms with van der Waals surface area (Å²) in [7, 11) is 0. The van der Waals surface area contributed by atoms with E-state index in [1.165, 1.54) is 0 Å². The lowest BCUT2D eigenvalue weighted by Gasteiger charge is -2.19. The first kappa shape index (κ1) is 18.6. The zero-order valence-corrected chi connectivity index (χ0v) is 14.1. The van der Waals surface area contributed by atoms with Crippen LogP contribution in [-0.2, 0) is 20.8 Å². The molecule has 5 heteroatoms. The largest absolute Gasteiger partial charge is 0.465 e. The maximum atomic E-state index is 11.6. The molecule has 0 aromatic heterocycles. The number of hydrogen-bond donors (Lipinski definition) is 1. The van der Waals surface area contributed by atoms with Crippen molar-refractivity contribution in [3.63, 3.8) is 0 Å². The van der Waals surface area contributed by atoms with Gasteiger partial charge in [-0.1, -0.05) is 24.0 Å². The smallest absolute Gasteiger partial charge is 0.407 e. The topological polar surface area (TPSA) is 64.6 Å². The van der Waals surface area contributed by atoms with Gasteiger partial charge in [-0.25, -0.2) is 4.79 Å². The molecule has 124 valence electrons. The Labute approximate surface area is 137 Å². The molecule has 1 aromatic rings. The van der Waals surface area contributed by atoms with Crippen molar-refractivity contribution in [3.05, 3.63) is 35.4 Å². The molecule has 0 atom stereocenters. The van der Waals surface area contributed by atoms with E-state index in [1.807, 2.05) is 45.0 Å². The summed E-state index contributed by atoms with van der Waals surface area (Å²) >= 11 is 0. The molecule has 1 N–H and O–H groups in total. The number of hydrogen-bond acceptors (Lipinski definition) is 4. The van der Waals surface area contributed by atoms with E-state index in [0.717, 1.165) is 11.1 Å². The quantitative estimate of drug-likeness (QED) is 0.685. The van der Waals surface area contributed by atoms with Crippen LogP contribution in [0.25, 0.3) is 0 Å². The van der Waals surface area contributed by atoms with Gasteiger partial charge in [0.2, 0.25) is 0 Å². The molecule has 0 fully saturated rings. The zero-order valence-electron chi connectivity index (χ0n) is 14.1. The fourth-order valence-electron chi connectivity index (χ4n) is 1.68. The maximum Gasteiger partial charge on any atom is 0.407 e. The lowest BCUT2D eigenvalue weighted by Crippen LogP contribution is -2.32. The minimum absolute atomic E-state index is 0.0637. The van der Waals surface area contributed by atoms with E-state index in [4.69, 9.17) is 9.47 Å². The van der Waals surface area contributed by atoms with Gasteiger partial charge in [-0.3, -0.25) is 4.79 Å². The summed E-state index contributed by atoms with van der Waals surface area (Å²) in [6.07, 6.45) is -0.398. The summed E-state index contributed by atoms with van der Waals surface area (Å²) in [6, 6.07) is 7.43. The van der Waals surface area contributed by atoms with Gasteiger partial charge < -0.3 is 14.8 Å². The highest BCUT2D eigenvalue weighted by Gasteiger charge is 2.15. The van der Waals surface area contributed by atoms with Gasteiger partial charge in [-0.05, 0) is 45.4 Å². The summed E-state index contributed by atoms with van der Waals surface area (Å²) < 4.78 is 9.98. The molecule has 1 aromatic carbocycles. The van der Waals surface area contributed by atoms with Crippen LogP contribution in [0.15, 0.2) is 24.3 Å². The van der Waals surface area contributed by atoms with Crippen LogP contribution < -0.4 is 5.32 Å². The van der Waals surface area contributed by atoms with Crippen LogP contribution in [0.4, 0.5) is 4.79 Å². The molecule has 0 bridgehead atoms. The molecule has 1 amide bonds. The second-order valence-corrected chi connectivity index (χ2v) is 5.84. The van der Waals surface area contributed by atoms with E-state index in [1.54, 1.807) is 6.92 Å². The fourth-order valence-corrected chi connectivity index (χ4v) is 1.68. The number of carbonyl (C=O) groups is 2. The first-order valence-corrected chi connectivity index (χ1v) is 7.50. The Bertz CT molecular complexity index is 605. The molecule has 0 saturated carbocycles. The Balaban J connectivity index is 2.55. The van der Waals surface area contributed by atoms with Crippen molar-refractivity contribution in [2.24, 2.45) is 0 Å². The van der Waals surface area contributed by atoms with Crippen molar-refractivity contribution in [1.29, 1.82) is 0 Å². The number of esters is 1. The normalized spacial score (nSPS) is 10.3. The van der Waals surface area contributed by atoms with Crippen LogP contribution in [-0.4, -0.2) is 24.3 Å². The first-order valence-electron chi connectivity index (χ1n) is 7.50. The molecule has 0 aliphatic heterocycles. The number of alkyl carbamates (subject to hydrolysis) is 1. The lowest BCUT2D eigenvalue weighted by molar-refractivity contribution is -0.141. The van der Waals surface area contributed by atoms with Gasteiger partial charge in [0.1, 0.15) is 12.0 Å². The van der Waals surface area contributed by atoms with Crippen molar-refractivity contribution in [1.82, 2.24) is 5.32 Å². The summed E-state index contributed by atoms with van der Waals surface area (Å²) in [5, 5.41) is 2.69. The highest BCUT2D eigenvalue weighted by atomic mass is 16.6. The number of nitrogens with one attached hydrogen (secondary N) is 1. The van der Waals surface area contributed by atoms with Crippen molar-refractivity contribution in [2.45, 2.75) is 46.3 Å². The lowest BCUT2D eigenvalue weighted by atomic mass is 10.1. The second-order valence-electron chi connectivity index (χ2n) is 5.84. The molecule has 23 heavy (non-hydrogen) atoms. The van der Waals surface area contributed by atoms with E-state index < -0.39 is 11.7 Å². The molecule has 0 radical (unpaired) electrons. The highest BCUT2D eigenvalue weighted by Crippen LogP contribution is 2.08. The summed E-state index contributed by atoms with van der Waals surface area (Å²) in [6.45, 7) is 7.89. The molecule has 0 aliphatic rings. The average Bonchev–Trinajstić information content (AvgIpc) is 2.44. The van der Waals surface area contributed by atoms with Crippen molar-refractivity contribution in [3.8, 4) is 11.8 Å². The molecule has 5 nitrogen and oxygen atoms in total. The Kier molecular flexibility index (Phi) is 7.14. The number of amides is 1. The Hall–Kier alpha value is -2.48. The second kappa shape index (κ2) is 8.84. The third-order valence-electron chi connectivity index (χ3n) is 2.53. The third kappa shape index (κ3) is 8.52. The van der Waals surface area contributed by atoms with Gasteiger partial charge in [0.05, 0.1) is 6.61 Å². The standard InChI is InChI=1S/C18H23NO4/c1-5-22-16(20)11-7-9-14-8-6-10-15(12-14)13-19-17(21)23-18(2,3)4/h6,8,10,12H,5,11,13H2,1-4H3,(H,19,21). The van der Waals surface area contributed by atoms with Crippen molar-refractivity contribution < 1.29 is 19.1 Å². The number of benzene rings is 1. The Morgan fingerprint density at radius 1 is 1.26 bits per heavy atom. The van der Waals surface area contributed by atoms with E-state index in [0.29, 0.717) is 13.2 Å². The zero-order chi connectivity index (χ0) is 17.3. The maximum absolute atomic E-state index is 11.6. The van der Waals surface area contributed by atoms with Crippen LogP contribution in [0.2, 0.25) is 0 Å². The molecule has 1 rings (SSSR count). The van der Waals surface area contributed by atoms with Gasteiger partial charge >= 0.3 is 12.1 Å². The summed E-state index contributed by atoms with van der Waals surface area (Å²) in [5.41, 5.74) is 1.15. The minimum atomic E-state index is -0.523.